The van der Waals surface area contributed by atoms with E-state index in [0.717, 1.165) is 44.9 Å². The first kappa shape index (κ1) is 26.7. The number of aliphatic imine (C=N–C) groups is 1. The van der Waals surface area contributed by atoms with Crippen LogP contribution in [0.2, 0.25) is 0 Å². The zero-order valence-corrected chi connectivity index (χ0v) is 21.1. The minimum absolute atomic E-state index is 0. The van der Waals surface area contributed by atoms with Gasteiger partial charge < -0.3 is 19.9 Å². The van der Waals surface area contributed by atoms with Gasteiger partial charge in [0.05, 0.1) is 0 Å². The van der Waals surface area contributed by atoms with Crippen molar-refractivity contribution in [2.75, 3.05) is 25.5 Å². The first-order valence-electron chi connectivity index (χ1n) is 10.2. The average Bonchev–Trinajstić information content (AvgIpc) is 3.19. The van der Waals surface area contributed by atoms with Crippen LogP contribution < -0.4 is 16.0 Å². The van der Waals surface area contributed by atoms with Crippen molar-refractivity contribution in [2.45, 2.75) is 52.2 Å². The molecule has 0 saturated heterocycles. The molecule has 0 saturated carbocycles. The van der Waals surface area contributed by atoms with Crippen LogP contribution in [0.25, 0.3) is 0 Å². The summed E-state index contributed by atoms with van der Waals surface area (Å²) in [7, 11) is 1.77. The first-order chi connectivity index (χ1) is 14.4. The predicted molar refractivity (Wildman–Crippen MR) is 134 cm³/mol. The van der Waals surface area contributed by atoms with Gasteiger partial charge >= 0.3 is 6.09 Å². The lowest BCUT2D eigenvalue weighted by atomic mass is 10.1. The Kier molecular flexibility index (Phi) is 11.9. The molecule has 0 fully saturated rings. The van der Waals surface area contributed by atoms with Crippen molar-refractivity contribution in [3.8, 4) is 0 Å². The van der Waals surface area contributed by atoms with Gasteiger partial charge in [-0.15, -0.1) is 34.2 Å². The average molecular weight is 543 g/mol. The number of hydrogen-bond acceptors (Lipinski definition) is 5. The minimum Gasteiger partial charge on any atom is -0.444 e. The molecule has 10 heteroatoms. The summed E-state index contributed by atoms with van der Waals surface area (Å²) in [4.78, 5) is 16.1. The third-order valence-corrected chi connectivity index (χ3v) is 4.13. The van der Waals surface area contributed by atoms with E-state index in [9.17, 15) is 4.79 Å². The Morgan fingerprint density at radius 1 is 1.06 bits per heavy atom. The number of hydrogen-bond donors (Lipinski definition) is 3. The van der Waals surface area contributed by atoms with Crippen LogP contribution in [0, 0.1) is 0 Å². The number of nitrogens with one attached hydrogen (secondary N) is 3. The van der Waals surface area contributed by atoms with Gasteiger partial charge in [0.2, 0.25) is 0 Å². The normalized spacial score (nSPS) is 11.4. The number of anilines is 1. The highest BCUT2D eigenvalue weighted by atomic mass is 127. The van der Waals surface area contributed by atoms with E-state index in [2.05, 4.69) is 31.1 Å². The molecule has 0 aliphatic rings. The lowest BCUT2D eigenvalue weighted by molar-refractivity contribution is 0.0636. The fourth-order valence-corrected chi connectivity index (χ4v) is 2.69. The number of halogens is 1. The fourth-order valence-electron chi connectivity index (χ4n) is 2.69. The van der Waals surface area contributed by atoms with Gasteiger partial charge in [0.25, 0.3) is 0 Å². The Hall–Kier alpha value is -2.37. The Bertz CT molecular complexity index is 787. The number of benzene rings is 1. The van der Waals surface area contributed by atoms with Crippen molar-refractivity contribution >= 4 is 41.7 Å². The predicted octanol–water partition coefficient (Wildman–Crippen LogP) is 3.43. The monoisotopic (exact) mass is 543 g/mol. The smallest absolute Gasteiger partial charge is 0.412 e. The lowest BCUT2D eigenvalue weighted by Crippen LogP contribution is -2.38. The van der Waals surface area contributed by atoms with Crippen LogP contribution in [-0.4, -0.2) is 52.6 Å². The molecule has 0 unspecified atom stereocenters. The van der Waals surface area contributed by atoms with Crippen molar-refractivity contribution in [3.63, 3.8) is 0 Å². The molecular weight excluding hydrogens is 509 g/mol. The molecule has 0 aliphatic heterocycles. The summed E-state index contributed by atoms with van der Waals surface area (Å²) in [5.41, 5.74) is 1.37. The largest absolute Gasteiger partial charge is 0.444 e. The van der Waals surface area contributed by atoms with Crippen LogP contribution in [0.4, 0.5) is 10.5 Å². The van der Waals surface area contributed by atoms with Crippen molar-refractivity contribution in [1.82, 2.24) is 25.4 Å². The SMILES string of the molecule is CN=C(NCCCCn1cnnc1)NCCc1ccc(NC(=O)OC(C)(C)C)cc1.I. The number of carbonyl (C=O) groups excluding carboxylic acids is 1. The van der Waals surface area contributed by atoms with Gasteiger partial charge in [-0.25, -0.2) is 4.79 Å². The second-order valence-electron chi connectivity index (χ2n) is 7.91. The number of ether oxygens (including phenoxy) is 1. The third kappa shape index (κ3) is 11.6. The highest BCUT2D eigenvalue weighted by Gasteiger charge is 2.16. The number of rotatable bonds is 9. The van der Waals surface area contributed by atoms with Gasteiger partial charge in [0.15, 0.2) is 5.96 Å². The number of aryl methyl sites for hydroxylation is 1. The van der Waals surface area contributed by atoms with E-state index in [4.69, 9.17) is 4.74 Å². The molecule has 0 bridgehead atoms. The molecule has 9 nitrogen and oxygen atoms in total. The second kappa shape index (κ2) is 13.8. The number of nitrogens with zero attached hydrogens (tertiary/aromatic N) is 4. The van der Waals surface area contributed by atoms with Crippen LogP contribution in [0.1, 0.15) is 39.2 Å². The van der Waals surface area contributed by atoms with Crippen molar-refractivity contribution < 1.29 is 9.53 Å². The maximum Gasteiger partial charge on any atom is 0.412 e. The number of unbranched alkanes of at least 4 members (excludes halogenated alkanes) is 1. The summed E-state index contributed by atoms with van der Waals surface area (Å²) in [6.07, 6.45) is 5.94. The van der Waals surface area contributed by atoms with E-state index in [1.807, 2.05) is 49.6 Å². The summed E-state index contributed by atoms with van der Waals surface area (Å²) in [5.74, 6) is 0.794. The van der Waals surface area contributed by atoms with E-state index in [-0.39, 0.29) is 24.0 Å². The van der Waals surface area contributed by atoms with Gasteiger partial charge in [-0.1, -0.05) is 12.1 Å². The molecule has 0 spiro atoms. The summed E-state index contributed by atoms with van der Waals surface area (Å²) in [6, 6.07) is 7.75. The van der Waals surface area contributed by atoms with E-state index in [0.29, 0.717) is 5.69 Å². The van der Waals surface area contributed by atoms with E-state index < -0.39 is 11.7 Å². The van der Waals surface area contributed by atoms with Gasteiger partial charge in [-0.3, -0.25) is 10.3 Å². The maximum atomic E-state index is 11.8. The molecular formula is C21H34IN7O2. The molecule has 0 atom stereocenters. The first-order valence-corrected chi connectivity index (χ1v) is 10.2. The van der Waals surface area contributed by atoms with Crippen LogP contribution in [-0.2, 0) is 17.7 Å². The molecule has 1 aromatic heterocycles. The van der Waals surface area contributed by atoms with Crippen LogP contribution >= 0.6 is 24.0 Å². The molecule has 2 aromatic rings. The zero-order valence-electron chi connectivity index (χ0n) is 18.7. The molecule has 3 N–H and O–H groups in total. The summed E-state index contributed by atoms with van der Waals surface area (Å²) in [6.45, 7) is 8.05. The Balaban J connectivity index is 0.00000480. The Labute approximate surface area is 201 Å². The highest BCUT2D eigenvalue weighted by Crippen LogP contribution is 2.13. The Morgan fingerprint density at radius 2 is 1.71 bits per heavy atom. The zero-order chi connectivity index (χ0) is 21.8. The molecule has 1 aromatic carbocycles. The molecule has 172 valence electrons. The van der Waals surface area contributed by atoms with Crippen molar-refractivity contribution in [2.24, 2.45) is 4.99 Å². The minimum atomic E-state index is -0.514. The van der Waals surface area contributed by atoms with Crippen molar-refractivity contribution in [1.29, 1.82) is 0 Å². The number of carbonyl (C=O) groups is 1. The second-order valence-corrected chi connectivity index (χ2v) is 7.91. The summed E-state index contributed by atoms with van der Waals surface area (Å²) >= 11 is 0. The topological polar surface area (TPSA) is 105 Å². The highest BCUT2D eigenvalue weighted by molar-refractivity contribution is 14.0. The van der Waals surface area contributed by atoms with Crippen LogP contribution in [0.5, 0.6) is 0 Å². The Morgan fingerprint density at radius 3 is 2.32 bits per heavy atom. The summed E-state index contributed by atoms with van der Waals surface area (Å²) < 4.78 is 7.23. The van der Waals surface area contributed by atoms with Crippen LogP contribution in [0.15, 0.2) is 41.9 Å². The van der Waals surface area contributed by atoms with E-state index in [1.165, 1.54) is 5.56 Å². The molecule has 0 radical (unpaired) electrons. The number of amides is 1. The standard InChI is InChI=1S/C21H33N7O2.HI/c1-21(2,3)30-20(29)27-18-9-7-17(8-10-18)11-13-24-19(22-4)23-12-5-6-14-28-15-25-26-16-28;/h7-10,15-16H,5-6,11-14H2,1-4H3,(H,27,29)(H2,22,23,24);1H. The van der Waals surface area contributed by atoms with Gasteiger partial charge in [0.1, 0.15) is 18.3 Å². The number of guanidine groups is 1. The van der Waals surface area contributed by atoms with Gasteiger partial charge in [-0.2, -0.15) is 0 Å². The molecule has 1 amide bonds. The van der Waals surface area contributed by atoms with Gasteiger partial charge in [-0.05, 0) is 57.7 Å². The summed E-state index contributed by atoms with van der Waals surface area (Å²) in [5, 5.41) is 17.0. The van der Waals surface area contributed by atoms with E-state index in [1.54, 1.807) is 19.7 Å². The molecule has 1 heterocycles. The molecule has 2 rings (SSSR count). The fraction of sp³-hybridized carbons (Fsp3) is 0.524. The third-order valence-electron chi connectivity index (χ3n) is 4.13. The van der Waals surface area contributed by atoms with Gasteiger partial charge in [0, 0.05) is 32.4 Å². The molecule has 0 aliphatic carbocycles. The molecule has 31 heavy (non-hydrogen) atoms. The quantitative estimate of drug-likeness (QED) is 0.194. The van der Waals surface area contributed by atoms with E-state index >= 15 is 0 Å². The lowest BCUT2D eigenvalue weighted by Gasteiger charge is -2.19. The maximum absolute atomic E-state index is 11.8. The number of aromatic nitrogens is 3. The van der Waals surface area contributed by atoms with Crippen LogP contribution in [0.3, 0.4) is 0 Å². The van der Waals surface area contributed by atoms with Crippen molar-refractivity contribution in [3.05, 3.63) is 42.5 Å².